The number of carbonyl (C=O) groups excluding carboxylic acids is 4. The lowest BCUT2D eigenvalue weighted by molar-refractivity contribution is -0.161. The summed E-state index contributed by atoms with van der Waals surface area (Å²) < 4.78 is 68.5. The average molecular weight is 1420 g/mol. The normalized spacial score (nSPS) is 14.3. The number of phosphoric ester groups is 2. The summed E-state index contributed by atoms with van der Waals surface area (Å²) in [5.41, 5.74) is 0. The Morgan fingerprint density at radius 3 is 0.835 bits per heavy atom. The van der Waals surface area contributed by atoms with Crippen molar-refractivity contribution in [1.29, 1.82) is 0 Å². The number of esters is 4. The number of aliphatic hydroxyl groups is 1. The summed E-state index contributed by atoms with van der Waals surface area (Å²) in [4.78, 5) is 72.9. The van der Waals surface area contributed by atoms with Crippen molar-refractivity contribution in [2.45, 2.75) is 374 Å². The van der Waals surface area contributed by atoms with Gasteiger partial charge in [-0.1, -0.05) is 302 Å². The summed E-state index contributed by atoms with van der Waals surface area (Å²) in [6, 6.07) is 0. The minimum absolute atomic E-state index is 0.0780. The van der Waals surface area contributed by atoms with Gasteiger partial charge in [-0.15, -0.1) is 0 Å². The van der Waals surface area contributed by atoms with E-state index in [2.05, 4.69) is 90.2 Å². The Labute approximate surface area is 591 Å². The predicted octanol–water partition coefficient (Wildman–Crippen LogP) is 22.2. The van der Waals surface area contributed by atoms with Gasteiger partial charge in [0.25, 0.3) is 0 Å². The lowest BCUT2D eigenvalue weighted by atomic mass is 10.0. The van der Waals surface area contributed by atoms with Crippen LogP contribution in [0, 0.1) is 11.8 Å². The average Bonchev–Trinajstić information content (AvgIpc) is 1.43. The van der Waals surface area contributed by atoms with Gasteiger partial charge in [0.05, 0.1) is 26.4 Å². The van der Waals surface area contributed by atoms with Crippen LogP contribution in [0.3, 0.4) is 0 Å². The van der Waals surface area contributed by atoms with Crippen LogP contribution >= 0.6 is 15.6 Å². The Balaban J connectivity index is 5.34. The molecule has 17 nitrogen and oxygen atoms in total. The molecule has 0 aliphatic carbocycles. The molecule has 19 heteroatoms. The molecule has 0 saturated heterocycles. The third-order valence-corrected chi connectivity index (χ3v) is 18.9. The van der Waals surface area contributed by atoms with E-state index in [9.17, 15) is 43.2 Å². The van der Waals surface area contributed by atoms with Crippen LogP contribution in [0.25, 0.3) is 0 Å². The standard InChI is InChI=1S/C78H144O17P2/c1-7-9-11-13-15-17-19-21-23-25-30-36-42-48-54-60-75(80)88-66-73(94-77(82)62-56-50-44-37-31-26-24-22-20-18-16-14-12-10-8-2)68-92-96(84,85)90-64-72(79)65-91-97(86,87)93-69-74(67-89-76(81)61-55-49-43-39-33-35-41-47-53-59-71(5)6)95-78(83)63-57-51-45-38-32-28-27-29-34-40-46-52-58-70(3)4/h17-24,70-74,79H,7-16,25-69H2,1-6H3,(H,84,85)(H,86,87)/b19-17-,20-18-,23-21-,24-22-/t72-,73-,74-/m1/s1. The molecule has 0 aliphatic heterocycles. The maximum atomic E-state index is 13.1. The van der Waals surface area contributed by atoms with Crippen molar-refractivity contribution in [3.05, 3.63) is 48.6 Å². The molecule has 0 radical (unpaired) electrons. The number of rotatable bonds is 73. The fraction of sp³-hybridized carbons (Fsp3) is 0.846. The number of allylic oxidation sites excluding steroid dienone is 8. The summed E-state index contributed by atoms with van der Waals surface area (Å²) in [5.74, 6) is -0.660. The quantitative estimate of drug-likeness (QED) is 0.0169. The first-order valence-electron chi connectivity index (χ1n) is 39.1. The Kier molecular flexibility index (Phi) is 66.7. The SMILES string of the molecule is CCCCCC/C=C\C=C/CCCCCCCC(=O)OC[C@H](COP(=O)(O)OC[C@@H](O)COP(=O)(O)OC[C@@H](COC(=O)CCCCCCCCCCCC(C)C)OC(=O)CCCCCCCCCCCCCCC(C)C)OC(=O)CCCCCCC/C=C\C=C/CCCCCC. The van der Waals surface area contributed by atoms with Crippen LogP contribution in [0.4, 0.5) is 0 Å². The van der Waals surface area contributed by atoms with Crippen LogP contribution in [0.1, 0.15) is 356 Å². The maximum absolute atomic E-state index is 13.1. The fourth-order valence-corrected chi connectivity index (χ4v) is 12.5. The van der Waals surface area contributed by atoms with Gasteiger partial charge in [-0.2, -0.15) is 0 Å². The van der Waals surface area contributed by atoms with E-state index in [1.807, 2.05) is 0 Å². The van der Waals surface area contributed by atoms with E-state index in [0.717, 1.165) is 134 Å². The number of ether oxygens (including phenoxy) is 4. The molecule has 0 aromatic heterocycles. The second kappa shape index (κ2) is 68.8. The Morgan fingerprint density at radius 1 is 0.320 bits per heavy atom. The van der Waals surface area contributed by atoms with Crippen LogP contribution in [-0.4, -0.2) is 96.7 Å². The van der Waals surface area contributed by atoms with Crippen LogP contribution in [-0.2, 0) is 65.4 Å². The first-order valence-corrected chi connectivity index (χ1v) is 42.1. The number of carbonyl (C=O) groups is 4. The molecule has 0 aromatic rings. The first kappa shape index (κ1) is 94.0. The smallest absolute Gasteiger partial charge is 0.462 e. The predicted molar refractivity (Wildman–Crippen MR) is 395 cm³/mol. The lowest BCUT2D eigenvalue weighted by Crippen LogP contribution is -2.30. The van der Waals surface area contributed by atoms with Gasteiger partial charge in [-0.05, 0) is 88.9 Å². The van der Waals surface area contributed by atoms with Gasteiger partial charge in [-0.3, -0.25) is 37.3 Å². The lowest BCUT2D eigenvalue weighted by Gasteiger charge is -2.21. The van der Waals surface area contributed by atoms with Gasteiger partial charge in [0.15, 0.2) is 12.2 Å². The summed E-state index contributed by atoms with van der Waals surface area (Å²) in [5, 5.41) is 10.6. The number of aliphatic hydroxyl groups excluding tert-OH is 1. The third-order valence-electron chi connectivity index (χ3n) is 17.0. The molecule has 0 aliphatic rings. The highest BCUT2D eigenvalue weighted by Crippen LogP contribution is 2.45. The maximum Gasteiger partial charge on any atom is 0.472 e. The summed E-state index contributed by atoms with van der Waals surface area (Å²) in [7, 11) is -9.94. The molecule has 97 heavy (non-hydrogen) atoms. The number of unbranched alkanes of at least 4 members (excludes halogenated alkanes) is 37. The molecule has 3 N–H and O–H groups in total. The molecule has 0 aromatic carbocycles. The topological polar surface area (TPSA) is 237 Å². The van der Waals surface area contributed by atoms with Crippen LogP contribution < -0.4 is 0 Å². The van der Waals surface area contributed by atoms with Crippen molar-refractivity contribution in [3.8, 4) is 0 Å². The Bertz CT molecular complexity index is 2060. The molecule has 0 rings (SSSR count). The number of hydrogen-bond acceptors (Lipinski definition) is 15. The summed E-state index contributed by atoms with van der Waals surface area (Å²) in [6.07, 6.45) is 62.6. The molecule has 0 spiro atoms. The molecule has 0 saturated carbocycles. The van der Waals surface area contributed by atoms with Gasteiger partial charge in [0, 0.05) is 25.7 Å². The minimum atomic E-state index is -4.97. The zero-order chi connectivity index (χ0) is 71.4. The highest BCUT2D eigenvalue weighted by molar-refractivity contribution is 7.47. The van der Waals surface area contributed by atoms with E-state index in [-0.39, 0.29) is 25.7 Å². The molecule has 0 bridgehead atoms. The first-order chi connectivity index (χ1) is 46.9. The Morgan fingerprint density at radius 2 is 0.557 bits per heavy atom. The van der Waals surface area contributed by atoms with Gasteiger partial charge in [0.2, 0.25) is 0 Å². The van der Waals surface area contributed by atoms with Gasteiger partial charge in [0.1, 0.15) is 19.3 Å². The fourth-order valence-electron chi connectivity index (χ4n) is 10.9. The molecule has 0 amide bonds. The highest BCUT2D eigenvalue weighted by Gasteiger charge is 2.30. The van der Waals surface area contributed by atoms with Gasteiger partial charge < -0.3 is 33.8 Å². The van der Waals surface area contributed by atoms with E-state index in [0.29, 0.717) is 25.7 Å². The van der Waals surface area contributed by atoms with Crippen molar-refractivity contribution in [2.75, 3.05) is 39.6 Å². The van der Waals surface area contributed by atoms with Crippen LogP contribution in [0.15, 0.2) is 48.6 Å². The summed E-state index contributed by atoms with van der Waals surface area (Å²) >= 11 is 0. The number of hydrogen-bond donors (Lipinski definition) is 3. The van der Waals surface area contributed by atoms with Crippen molar-refractivity contribution in [3.63, 3.8) is 0 Å². The van der Waals surface area contributed by atoms with Crippen molar-refractivity contribution < 1.29 is 80.2 Å². The van der Waals surface area contributed by atoms with Crippen molar-refractivity contribution >= 4 is 39.5 Å². The number of phosphoric acid groups is 2. The second-order valence-electron chi connectivity index (χ2n) is 27.7. The molecule has 0 heterocycles. The molecule has 568 valence electrons. The van der Waals surface area contributed by atoms with Gasteiger partial charge >= 0.3 is 39.5 Å². The van der Waals surface area contributed by atoms with Crippen LogP contribution in [0.5, 0.6) is 0 Å². The van der Waals surface area contributed by atoms with Crippen molar-refractivity contribution in [2.24, 2.45) is 11.8 Å². The van der Waals surface area contributed by atoms with Crippen LogP contribution in [0.2, 0.25) is 0 Å². The molecule has 5 atom stereocenters. The van der Waals surface area contributed by atoms with Crippen molar-refractivity contribution in [1.82, 2.24) is 0 Å². The molecular formula is C78H144O17P2. The zero-order valence-corrected chi connectivity index (χ0v) is 64.1. The van der Waals surface area contributed by atoms with Gasteiger partial charge in [-0.25, -0.2) is 9.13 Å². The molecule has 0 fully saturated rings. The monoisotopic (exact) mass is 1410 g/mol. The second-order valence-corrected chi connectivity index (χ2v) is 30.6. The van der Waals surface area contributed by atoms with E-state index in [1.165, 1.54) is 141 Å². The van der Waals surface area contributed by atoms with E-state index < -0.39 is 97.5 Å². The molecular weight excluding hydrogens is 1270 g/mol. The minimum Gasteiger partial charge on any atom is -0.462 e. The summed E-state index contributed by atoms with van der Waals surface area (Å²) in [6.45, 7) is 9.46. The zero-order valence-electron chi connectivity index (χ0n) is 62.3. The highest BCUT2D eigenvalue weighted by atomic mass is 31.2. The van der Waals surface area contributed by atoms with E-state index in [1.54, 1.807) is 0 Å². The largest absolute Gasteiger partial charge is 0.472 e. The molecule has 2 unspecified atom stereocenters. The third kappa shape index (κ3) is 71.2. The van der Waals surface area contributed by atoms with E-state index in [4.69, 9.17) is 37.0 Å². The Hall–Kier alpha value is -2.98. The van der Waals surface area contributed by atoms with E-state index >= 15 is 0 Å².